The van der Waals surface area contributed by atoms with Gasteiger partial charge < -0.3 is 15.2 Å². The maximum absolute atomic E-state index is 13.5. The molecule has 0 saturated heterocycles. The molecule has 0 spiro atoms. The Labute approximate surface area is 276 Å². The van der Waals surface area contributed by atoms with Crippen molar-refractivity contribution in [1.82, 2.24) is 10.3 Å². The fourth-order valence-corrected chi connectivity index (χ4v) is 6.80. The van der Waals surface area contributed by atoms with Crippen molar-refractivity contribution in [3.05, 3.63) is 93.4 Å². The second kappa shape index (κ2) is 13.8. The number of allylic oxidation sites excluding steroid dienone is 1. The van der Waals surface area contributed by atoms with Crippen molar-refractivity contribution in [3.8, 4) is 11.5 Å². The van der Waals surface area contributed by atoms with Gasteiger partial charge in [-0.3, -0.25) is 4.79 Å². The molecule has 1 amide bonds. The van der Waals surface area contributed by atoms with E-state index >= 15 is 0 Å². The fraction of sp³-hybridized carbons (Fsp3) is 0.410. The Hall–Kier alpha value is -3.97. The van der Waals surface area contributed by atoms with Crippen molar-refractivity contribution < 1.29 is 19.4 Å². The van der Waals surface area contributed by atoms with Crippen molar-refractivity contribution in [2.24, 2.45) is 11.3 Å². The van der Waals surface area contributed by atoms with Crippen molar-refractivity contribution in [2.45, 2.75) is 91.5 Å². The molecule has 5 rings (SSSR count). The van der Waals surface area contributed by atoms with E-state index in [1.54, 1.807) is 6.07 Å². The lowest BCUT2D eigenvalue weighted by Gasteiger charge is -2.19. The summed E-state index contributed by atoms with van der Waals surface area (Å²) in [5, 5.41) is 14.6. The number of carbonyl (C=O) groups excluding carboxylic acids is 1. The molecule has 7 heteroatoms. The van der Waals surface area contributed by atoms with Crippen molar-refractivity contribution in [2.75, 3.05) is 0 Å². The van der Waals surface area contributed by atoms with E-state index < -0.39 is 17.9 Å². The highest BCUT2D eigenvalue weighted by Crippen LogP contribution is 2.33. The summed E-state index contributed by atoms with van der Waals surface area (Å²) in [4.78, 5) is 32.6. The van der Waals surface area contributed by atoms with Gasteiger partial charge in [0.15, 0.2) is 0 Å². The predicted molar refractivity (Wildman–Crippen MR) is 188 cm³/mol. The minimum Gasteiger partial charge on any atom is -0.480 e. The molecule has 0 unspecified atom stereocenters. The SMILES string of the molecule is CC(C)(C)C=Cc1ccc(C[C@H](NC(=O)c2cc3ccc(Oc4ccc(C(C)(C)C)cc4)cc3c(CC3CCCC3)n2)C(=O)O)s1. The Balaban J connectivity index is 1.38. The van der Waals surface area contributed by atoms with Gasteiger partial charge in [-0.15, -0.1) is 11.3 Å². The third kappa shape index (κ3) is 8.85. The van der Waals surface area contributed by atoms with Crippen LogP contribution in [-0.4, -0.2) is 28.0 Å². The number of benzene rings is 2. The van der Waals surface area contributed by atoms with Crippen LogP contribution >= 0.6 is 11.3 Å². The molecule has 1 atom stereocenters. The molecule has 4 aromatic rings. The van der Waals surface area contributed by atoms with Crippen molar-refractivity contribution >= 4 is 40.1 Å². The molecule has 1 aliphatic carbocycles. The number of thiophene rings is 1. The van der Waals surface area contributed by atoms with Gasteiger partial charge in [-0.25, -0.2) is 9.78 Å². The molecule has 2 N–H and O–H groups in total. The van der Waals surface area contributed by atoms with Crippen LogP contribution in [0.3, 0.4) is 0 Å². The van der Waals surface area contributed by atoms with Crippen LogP contribution in [0.1, 0.15) is 98.7 Å². The molecule has 6 nitrogen and oxygen atoms in total. The maximum Gasteiger partial charge on any atom is 0.326 e. The largest absolute Gasteiger partial charge is 0.480 e. The lowest BCUT2D eigenvalue weighted by Crippen LogP contribution is -2.42. The van der Waals surface area contributed by atoms with Gasteiger partial charge in [-0.2, -0.15) is 0 Å². The normalized spacial score (nSPS) is 15.0. The quantitative estimate of drug-likeness (QED) is 0.181. The van der Waals surface area contributed by atoms with Crippen LogP contribution in [-0.2, 0) is 23.1 Å². The number of amides is 1. The topological polar surface area (TPSA) is 88.5 Å². The van der Waals surface area contributed by atoms with Crippen molar-refractivity contribution in [3.63, 3.8) is 0 Å². The zero-order valence-corrected chi connectivity index (χ0v) is 28.7. The monoisotopic (exact) mass is 638 g/mol. The van der Waals surface area contributed by atoms with E-state index in [9.17, 15) is 14.7 Å². The van der Waals surface area contributed by atoms with Crippen LogP contribution in [0.15, 0.2) is 66.7 Å². The van der Waals surface area contributed by atoms with Gasteiger partial charge >= 0.3 is 5.97 Å². The number of aliphatic carboxylic acids is 1. The maximum atomic E-state index is 13.5. The lowest BCUT2D eigenvalue weighted by molar-refractivity contribution is -0.139. The Bertz CT molecular complexity index is 1720. The third-order valence-electron chi connectivity index (χ3n) is 8.47. The summed E-state index contributed by atoms with van der Waals surface area (Å²) < 4.78 is 6.25. The number of rotatable bonds is 10. The molecule has 0 radical (unpaired) electrons. The van der Waals surface area contributed by atoms with E-state index in [0.29, 0.717) is 11.7 Å². The van der Waals surface area contributed by atoms with E-state index in [-0.39, 0.29) is 22.9 Å². The Morgan fingerprint density at radius 1 is 0.978 bits per heavy atom. The molecular formula is C39H46N2O4S. The summed E-state index contributed by atoms with van der Waals surface area (Å²) in [6, 6.07) is 18.7. The fourth-order valence-electron chi connectivity index (χ4n) is 5.84. The highest BCUT2D eigenvalue weighted by Gasteiger charge is 2.25. The Morgan fingerprint density at radius 2 is 1.67 bits per heavy atom. The second-order valence-corrected chi connectivity index (χ2v) is 15.8. The molecule has 1 fully saturated rings. The van der Waals surface area contributed by atoms with Crippen LogP contribution in [0.25, 0.3) is 16.8 Å². The summed E-state index contributed by atoms with van der Waals surface area (Å²) >= 11 is 1.54. The van der Waals surface area contributed by atoms with E-state index in [4.69, 9.17) is 9.72 Å². The molecule has 2 heterocycles. The van der Waals surface area contributed by atoms with Gasteiger partial charge in [-0.05, 0) is 82.7 Å². The summed E-state index contributed by atoms with van der Waals surface area (Å²) in [6.45, 7) is 13.0. The number of nitrogens with one attached hydrogen (secondary N) is 1. The summed E-state index contributed by atoms with van der Waals surface area (Å²) in [6.07, 6.45) is 9.87. The Kier molecular flexibility index (Phi) is 10.0. The van der Waals surface area contributed by atoms with Gasteiger partial charge in [0.1, 0.15) is 23.2 Å². The first-order valence-electron chi connectivity index (χ1n) is 16.3. The van der Waals surface area contributed by atoms with Crippen molar-refractivity contribution in [1.29, 1.82) is 0 Å². The number of fused-ring (bicyclic) bond motifs is 1. The first-order chi connectivity index (χ1) is 21.7. The van der Waals surface area contributed by atoms with E-state index in [2.05, 4.69) is 71.1 Å². The van der Waals surface area contributed by atoms with Gasteiger partial charge in [0.05, 0.1) is 0 Å². The zero-order chi connectivity index (χ0) is 33.1. The second-order valence-electron chi connectivity index (χ2n) is 14.6. The number of hydrogen-bond donors (Lipinski definition) is 2. The molecule has 0 bridgehead atoms. The lowest BCUT2D eigenvalue weighted by atomic mass is 9.87. The minimum absolute atomic E-state index is 0.0537. The van der Waals surface area contributed by atoms with Gasteiger partial charge in [0, 0.05) is 27.3 Å². The molecule has 1 saturated carbocycles. The molecule has 46 heavy (non-hydrogen) atoms. The molecule has 2 aromatic heterocycles. The number of hydrogen-bond acceptors (Lipinski definition) is 5. The number of pyridine rings is 1. The number of nitrogens with zero attached hydrogens (tertiary/aromatic N) is 1. The summed E-state index contributed by atoms with van der Waals surface area (Å²) in [5.41, 5.74) is 2.44. The molecule has 2 aromatic carbocycles. The number of aromatic nitrogens is 1. The van der Waals surface area contributed by atoms with Gasteiger partial charge in [-0.1, -0.05) is 91.5 Å². The average Bonchev–Trinajstić information content (AvgIpc) is 3.67. The highest BCUT2D eigenvalue weighted by atomic mass is 32.1. The smallest absolute Gasteiger partial charge is 0.326 e. The molecule has 1 aliphatic rings. The van der Waals surface area contributed by atoms with Crippen LogP contribution in [0.4, 0.5) is 0 Å². The van der Waals surface area contributed by atoms with E-state index in [0.717, 1.165) is 51.2 Å². The minimum atomic E-state index is -1.07. The summed E-state index contributed by atoms with van der Waals surface area (Å²) in [7, 11) is 0. The third-order valence-corrected chi connectivity index (χ3v) is 9.54. The predicted octanol–water partition coefficient (Wildman–Crippen LogP) is 9.60. The number of carboxylic acids is 1. The van der Waals surface area contributed by atoms with Crippen LogP contribution in [0.2, 0.25) is 0 Å². The molecule has 0 aliphatic heterocycles. The van der Waals surface area contributed by atoms with Gasteiger partial charge in [0.25, 0.3) is 5.91 Å². The highest BCUT2D eigenvalue weighted by molar-refractivity contribution is 7.12. The number of carboxylic acid groups (broad SMARTS) is 1. The van der Waals surface area contributed by atoms with Gasteiger partial charge in [0.2, 0.25) is 0 Å². The molecule has 242 valence electrons. The average molecular weight is 639 g/mol. The first-order valence-corrected chi connectivity index (χ1v) is 17.1. The number of ether oxygens (including phenoxy) is 1. The van der Waals surface area contributed by atoms with Crippen LogP contribution in [0, 0.1) is 11.3 Å². The first kappa shape index (κ1) is 33.4. The van der Waals surface area contributed by atoms with Crippen LogP contribution in [0.5, 0.6) is 11.5 Å². The van der Waals surface area contributed by atoms with E-state index in [1.165, 1.54) is 29.7 Å². The summed E-state index contributed by atoms with van der Waals surface area (Å²) in [5.74, 6) is 0.428. The zero-order valence-electron chi connectivity index (χ0n) is 27.9. The molecular weight excluding hydrogens is 593 g/mol. The van der Waals surface area contributed by atoms with E-state index in [1.807, 2.05) is 42.5 Å². The Morgan fingerprint density at radius 3 is 2.33 bits per heavy atom. The standard InChI is InChI=1S/C39H46N2O4S/c1-38(2,3)20-19-30-17-18-31(46-30)24-35(37(43)44)41-36(42)34-22-26-11-14-29(45-28-15-12-27(13-16-28)39(4,5)6)23-32(26)33(40-34)21-25-9-7-8-10-25/h11-20,22-23,25,35H,7-10,21,24H2,1-6H3,(H,41,42)(H,43,44)/t35-/m0/s1. The number of carbonyl (C=O) groups is 2. The van der Waals surface area contributed by atoms with Crippen LogP contribution < -0.4 is 10.1 Å².